The van der Waals surface area contributed by atoms with E-state index in [4.69, 9.17) is 0 Å². The summed E-state index contributed by atoms with van der Waals surface area (Å²) in [5.74, 6) is 1.12. The average molecular weight is 313 g/mol. The fourth-order valence-corrected chi connectivity index (χ4v) is 3.24. The van der Waals surface area contributed by atoms with Crippen LogP contribution in [-0.2, 0) is 0 Å². The molecule has 0 spiro atoms. The summed E-state index contributed by atoms with van der Waals surface area (Å²) in [6, 6.07) is 5.93. The lowest BCUT2D eigenvalue weighted by Crippen LogP contribution is -2.14. The Hall–Kier alpha value is -2.28. The second kappa shape index (κ2) is 4.88. The van der Waals surface area contributed by atoms with Crippen LogP contribution in [0.5, 0.6) is 0 Å². The quantitative estimate of drug-likeness (QED) is 0.807. The summed E-state index contributed by atoms with van der Waals surface area (Å²) in [6.07, 6.45) is 2.25. The van der Waals surface area contributed by atoms with E-state index in [0.29, 0.717) is 15.9 Å². The van der Waals surface area contributed by atoms with Gasteiger partial charge in [-0.3, -0.25) is 4.79 Å². The van der Waals surface area contributed by atoms with Gasteiger partial charge in [0.05, 0.1) is 0 Å². The Kier molecular flexibility index (Phi) is 2.97. The van der Waals surface area contributed by atoms with E-state index >= 15 is 0 Å². The van der Waals surface area contributed by atoms with Crippen LogP contribution < -0.4 is 5.32 Å². The van der Waals surface area contributed by atoms with Gasteiger partial charge in [0.1, 0.15) is 0 Å². The zero-order valence-electron chi connectivity index (χ0n) is 12.3. The van der Waals surface area contributed by atoms with Crippen molar-refractivity contribution in [3.63, 3.8) is 0 Å². The number of nitrogens with zero attached hydrogens (tertiary/aromatic N) is 4. The van der Waals surface area contributed by atoms with E-state index in [1.54, 1.807) is 4.52 Å². The minimum absolute atomic E-state index is 0.199. The standard InChI is InChI=1S/C15H15N5OS/c1-8-4-3-5-9(2)11(8)16-13(21)14-19-20-12(10-6-7-10)17-18-15(20)22-14/h3-5,10H,6-7H2,1-2H3,(H,16,21). The maximum absolute atomic E-state index is 12.5. The zero-order valence-corrected chi connectivity index (χ0v) is 13.1. The molecule has 3 aromatic rings. The Balaban J connectivity index is 1.65. The van der Waals surface area contributed by atoms with Crippen molar-refractivity contribution in [3.8, 4) is 0 Å². The number of amides is 1. The molecule has 0 radical (unpaired) electrons. The fraction of sp³-hybridized carbons (Fsp3) is 0.333. The summed E-state index contributed by atoms with van der Waals surface area (Å²) in [6.45, 7) is 3.96. The molecule has 1 N–H and O–H groups in total. The van der Waals surface area contributed by atoms with E-state index in [-0.39, 0.29) is 5.91 Å². The molecule has 2 aromatic heterocycles. The summed E-state index contributed by atoms with van der Waals surface area (Å²) in [7, 11) is 0. The third-order valence-corrected chi connectivity index (χ3v) is 4.77. The molecule has 0 unspecified atom stereocenters. The van der Waals surface area contributed by atoms with Crippen molar-refractivity contribution in [2.45, 2.75) is 32.6 Å². The van der Waals surface area contributed by atoms with Gasteiger partial charge in [0, 0.05) is 11.6 Å². The maximum atomic E-state index is 12.5. The Morgan fingerprint density at radius 3 is 2.68 bits per heavy atom. The third kappa shape index (κ3) is 2.18. The number of carbonyl (C=O) groups is 1. The molecule has 4 rings (SSSR count). The highest BCUT2D eigenvalue weighted by molar-refractivity contribution is 7.18. The van der Waals surface area contributed by atoms with Crippen molar-refractivity contribution >= 4 is 27.9 Å². The number of nitrogens with one attached hydrogen (secondary N) is 1. The number of hydrogen-bond donors (Lipinski definition) is 1. The van der Waals surface area contributed by atoms with E-state index in [2.05, 4.69) is 20.6 Å². The SMILES string of the molecule is Cc1cccc(C)c1NC(=O)c1nn2c(C3CC3)nnc2s1. The highest BCUT2D eigenvalue weighted by Gasteiger charge is 2.30. The first kappa shape index (κ1) is 13.4. The molecule has 22 heavy (non-hydrogen) atoms. The van der Waals surface area contributed by atoms with E-state index in [1.165, 1.54) is 11.3 Å². The van der Waals surface area contributed by atoms with Gasteiger partial charge in [0.25, 0.3) is 5.91 Å². The van der Waals surface area contributed by atoms with Crippen LogP contribution >= 0.6 is 11.3 Å². The number of fused-ring (bicyclic) bond motifs is 1. The van der Waals surface area contributed by atoms with Crippen LogP contribution in [0.1, 0.15) is 45.5 Å². The lowest BCUT2D eigenvalue weighted by atomic mass is 10.1. The second-order valence-electron chi connectivity index (χ2n) is 5.65. The number of carbonyl (C=O) groups excluding carboxylic acids is 1. The van der Waals surface area contributed by atoms with Crippen molar-refractivity contribution in [2.75, 3.05) is 5.32 Å². The first-order chi connectivity index (χ1) is 10.6. The van der Waals surface area contributed by atoms with E-state index in [1.807, 2.05) is 32.0 Å². The number of aromatic nitrogens is 4. The lowest BCUT2D eigenvalue weighted by molar-refractivity contribution is 0.102. The molecule has 1 amide bonds. The molecule has 1 aliphatic rings. The first-order valence-corrected chi connectivity index (χ1v) is 8.05. The largest absolute Gasteiger partial charge is 0.319 e. The molecule has 2 heterocycles. The number of anilines is 1. The number of aryl methyl sites for hydroxylation is 2. The van der Waals surface area contributed by atoms with Gasteiger partial charge in [-0.2, -0.15) is 4.52 Å². The molecule has 112 valence electrons. The summed E-state index contributed by atoms with van der Waals surface area (Å²) in [5, 5.41) is 16.0. The van der Waals surface area contributed by atoms with Crippen LogP contribution in [-0.4, -0.2) is 25.7 Å². The van der Waals surface area contributed by atoms with Crippen LogP contribution in [0.25, 0.3) is 4.96 Å². The van der Waals surface area contributed by atoms with E-state index in [0.717, 1.165) is 35.5 Å². The van der Waals surface area contributed by atoms with Crippen LogP contribution in [0.3, 0.4) is 0 Å². The Labute approximate surface area is 131 Å². The van der Waals surface area contributed by atoms with Crippen LogP contribution in [0.15, 0.2) is 18.2 Å². The van der Waals surface area contributed by atoms with Gasteiger partial charge in [0.2, 0.25) is 9.97 Å². The van der Waals surface area contributed by atoms with Crippen molar-refractivity contribution in [3.05, 3.63) is 40.2 Å². The summed E-state index contributed by atoms with van der Waals surface area (Å²) in [4.78, 5) is 13.1. The summed E-state index contributed by atoms with van der Waals surface area (Å²) < 4.78 is 1.71. The van der Waals surface area contributed by atoms with Gasteiger partial charge in [-0.05, 0) is 37.8 Å². The third-order valence-electron chi connectivity index (χ3n) is 3.87. The van der Waals surface area contributed by atoms with Crippen molar-refractivity contribution in [1.82, 2.24) is 19.8 Å². The van der Waals surface area contributed by atoms with Crippen LogP contribution in [0, 0.1) is 13.8 Å². The van der Waals surface area contributed by atoms with Gasteiger partial charge in [-0.15, -0.1) is 15.3 Å². The molecule has 0 aliphatic heterocycles. The molecule has 0 atom stereocenters. The Morgan fingerprint density at radius 1 is 1.27 bits per heavy atom. The molecule has 7 heteroatoms. The van der Waals surface area contributed by atoms with Gasteiger partial charge in [-0.1, -0.05) is 29.5 Å². The van der Waals surface area contributed by atoms with Gasteiger partial charge >= 0.3 is 0 Å². The molecular weight excluding hydrogens is 298 g/mol. The van der Waals surface area contributed by atoms with Crippen molar-refractivity contribution in [1.29, 1.82) is 0 Å². The van der Waals surface area contributed by atoms with Gasteiger partial charge in [-0.25, -0.2) is 0 Å². The van der Waals surface area contributed by atoms with Crippen LogP contribution in [0.2, 0.25) is 0 Å². The number of benzene rings is 1. The van der Waals surface area contributed by atoms with Gasteiger partial charge in [0.15, 0.2) is 5.82 Å². The molecule has 6 nitrogen and oxygen atoms in total. The lowest BCUT2D eigenvalue weighted by Gasteiger charge is -2.09. The summed E-state index contributed by atoms with van der Waals surface area (Å²) >= 11 is 1.27. The average Bonchev–Trinajstić information content (AvgIpc) is 3.10. The normalized spacial score (nSPS) is 14.5. The first-order valence-electron chi connectivity index (χ1n) is 7.23. The number of para-hydroxylation sites is 1. The maximum Gasteiger partial charge on any atom is 0.286 e. The van der Waals surface area contributed by atoms with Crippen molar-refractivity contribution < 1.29 is 4.79 Å². The minimum atomic E-state index is -0.199. The molecule has 1 aromatic carbocycles. The summed E-state index contributed by atoms with van der Waals surface area (Å²) in [5.41, 5.74) is 2.92. The molecule has 0 saturated heterocycles. The predicted molar refractivity (Wildman–Crippen MR) is 84.5 cm³/mol. The highest BCUT2D eigenvalue weighted by Crippen LogP contribution is 2.39. The fourth-order valence-electron chi connectivity index (χ4n) is 2.50. The van der Waals surface area contributed by atoms with Crippen molar-refractivity contribution in [2.24, 2.45) is 0 Å². The Morgan fingerprint density at radius 2 is 2.00 bits per heavy atom. The zero-order chi connectivity index (χ0) is 15.3. The molecule has 1 saturated carbocycles. The highest BCUT2D eigenvalue weighted by atomic mass is 32.1. The molecular formula is C15H15N5OS. The topological polar surface area (TPSA) is 72.2 Å². The second-order valence-corrected chi connectivity index (χ2v) is 6.61. The molecule has 0 bridgehead atoms. The monoisotopic (exact) mass is 313 g/mol. The number of hydrogen-bond acceptors (Lipinski definition) is 5. The van der Waals surface area contributed by atoms with E-state index in [9.17, 15) is 4.79 Å². The minimum Gasteiger partial charge on any atom is -0.319 e. The van der Waals surface area contributed by atoms with Crippen LogP contribution in [0.4, 0.5) is 5.69 Å². The molecule has 1 fully saturated rings. The van der Waals surface area contributed by atoms with E-state index < -0.39 is 0 Å². The predicted octanol–water partition coefficient (Wildman–Crippen LogP) is 2.93. The smallest absolute Gasteiger partial charge is 0.286 e. The number of rotatable bonds is 3. The van der Waals surface area contributed by atoms with Gasteiger partial charge < -0.3 is 5.32 Å². The molecule has 1 aliphatic carbocycles. The Bertz CT molecular complexity index is 857.